The Morgan fingerprint density at radius 3 is 2.42 bits per heavy atom. The first-order chi connectivity index (χ1) is 12.5. The number of carbonyl (C=O) groups is 1. The Bertz CT molecular complexity index is 665. The van der Waals surface area contributed by atoms with Crippen LogP contribution in [-0.2, 0) is 21.2 Å². The van der Waals surface area contributed by atoms with E-state index in [0.717, 1.165) is 18.6 Å². The van der Waals surface area contributed by atoms with E-state index in [9.17, 15) is 13.2 Å². The van der Waals surface area contributed by atoms with E-state index in [1.54, 1.807) is 6.92 Å². The summed E-state index contributed by atoms with van der Waals surface area (Å²) >= 11 is 0. The minimum atomic E-state index is -3.14. The molecule has 0 aliphatic carbocycles. The summed E-state index contributed by atoms with van der Waals surface area (Å²) in [6.45, 7) is 5.80. The number of amides is 1. The van der Waals surface area contributed by atoms with Crippen molar-refractivity contribution in [1.82, 2.24) is 9.62 Å². The lowest BCUT2D eigenvalue weighted by atomic mass is 9.97. The molecule has 1 saturated heterocycles. The Balaban J connectivity index is 1.66. The molecule has 6 nitrogen and oxygen atoms in total. The van der Waals surface area contributed by atoms with Crippen molar-refractivity contribution in [2.45, 2.75) is 39.5 Å². The van der Waals surface area contributed by atoms with Crippen LogP contribution in [0.1, 0.15) is 38.7 Å². The molecule has 7 heteroatoms. The Morgan fingerprint density at radius 1 is 1.19 bits per heavy atom. The van der Waals surface area contributed by atoms with Crippen LogP contribution in [-0.4, -0.2) is 50.6 Å². The summed E-state index contributed by atoms with van der Waals surface area (Å²) in [5, 5.41) is 2.99. The minimum Gasteiger partial charge on any atom is -0.494 e. The lowest BCUT2D eigenvalue weighted by Gasteiger charge is -2.30. The highest BCUT2D eigenvalue weighted by molar-refractivity contribution is 7.89. The molecule has 146 valence electrons. The maximum Gasteiger partial charge on any atom is 0.223 e. The highest BCUT2D eigenvalue weighted by Crippen LogP contribution is 2.20. The first kappa shape index (κ1) is 20.7. The summed E-state index contributed by atoms with van der Waals surface area (Å²) in [5.74, 6) is 0.963. The molecule has 0 atom stereocenters. The topological polar surface area (TPSA) is 75.7 Å². The number of rotatable bonds is 9. The van der Waals surface area contributed by atoms with Crippen molar-refractivity contribution in [3.63, 3.8) is 0 Å². The van der Waals surface area contributed by atoms with Crippen LogP contribution in [0.4, 0.5) is 0 Å². The van der Waals surface area contributed by atoms with E-state index in [2.05, 4.69) is 17.4 Å². The molecule has 1 heterocycles. The first-order valence-corrected chi connectivity index (χ1v) is 11.0. The standard InChI is InChI=1S/C19H30N2O4S/c1-3-25-18-9-7-16(8-10-18)6-5-13-20-19(22)17-11-14-21(15-12-17)26(23,24)4-2/h7-10,17H,3-6,11-15H2,1-2H3,(H,20,22). The normalized spacial score (nSPS) is 16.4. The summed E-state index contributed by atoms with van der Waals surface area (Å²) in [5.41, 5.74) is 1.22. The maximum atomic E-state index is 12.3. The van der Waals surface area contributed by atoms with Crippen LogP contribution in [0.15, 0.2) is 24.3 Å². The Hall–Kier alpha value is -1.60. The molecule has 1 aliphatic rings. The van der Waals surface area contributed by atoms with Crippen molar-refractivity contribution in [1.29, 1.82) is 0 Å². The highest BCUT2D eigenvalue weighted by Gasteiger charge is 2.29. The molecule has 0 saturated carbocycles. The fraction of sp³-hybridized carbons (Fsp3) is 0.632. The zero-order chi connectivity index (χ0) is 19.0. The Kier molecular flexibility index (Phi) is 7.90. The number of piperidine rings is 1. The molecule has 1 aromatic rings. The van der Waals surface area contributed by atoms with Crippen LogP contribution in [0, 0.1) is 5.92 Å². The predicted molar refractivity (Wildman–Crippen MR) is 103 cm³/mol. The van der Waals surface area contributed by atoms with Gasteiger partial charge in [0.25, 0.3) is 0 Å². The number of nitrogens with one attached hydrogen (secondary N) is 1. The lowest BCUT2D eigenvalue weighted by molar-refractivity contribution is -0.126. The fourth-order valence-electron chi connectivity index (χ4n) is 3.15. The van der Waals surface area contributed by atoms with Gasteiger partial charge in [-0.3, -0.25) is 4.79 Å². The van der Waals surface area contributed by atoms with Gasteiger partial charge in [0.2, 0.25) is 15.9 Å². The largest absolute Gasteiger partial charge is 0.494 e. The molecule has 1 aliphatic heterocycles. The van der Waals surface area contributed by atoms with E-state index in [1.807, 2.05) is 19.1 Å². The molecule has 1 fully saturated rings. The molecule has 0 bridgehead atoms. The van der Waals surface area contributed by atoms with Crippen molar-refractivity contribution < 1.29 is 17.9 Å². The van der Waals surface area contributed by atoms with Gasteiger partial charge in [0.15, 0.2) is 0 Å². The van der Waals surface area contributed by atoms with Gasteiger partial charge in [-0.2, -0.15) is 0 Å². The number of ether oxygens (including phenoxy) is 1. The SMILES string of the molecule is CCOc1ccc(CCCNC(=O)C2CCN(S(=O)(=O)CC)CC2)cc1. The van der Waals surface area contributed by atoms with Crippen molar-refractivity contribution in [3.8, 4) is 5.75 Å². The third-order valence-corrected chi connectivity index (χ3v) is 6.64. The number of hydrogen-bond donors (Lipinski definition) is 1. The molecule has 2 rings (SSSR count). The summed E-state index contributed by atoms with van der Waals surface area (Å²) in [6, 6.07) is 8.04. The highest BCUT2D eigenvalue weighted by atomic mass is 32.2. The molecule has 0 radical (unpaired) electrons. The minimum absolute atomic E-state index is 0.0465. The van der Waals surface area contributed by atoms with Gasteiger partial charge >= 0.3 is 0 Å². The second kappa shape index (κ2) is 9.92. The van der Waals surface area contributed by atoms with E-state index in [0.29, 0.717) is 39.1 Å². The predicted octanol–water partition coefficient (Wildman–Crippen LogP) is 2.20. The summed E-state index contributed by atoms with van der Waals surface area (Å²) in [4.78, 5) is 12.3. The van der Waals surface area contributed by atoms with Crippen molar-refractivity contribution in [2.24, 2.45) is 5.92 Å². The van der Waals surface area contributed by atoms with E-state index in [1.165, 1.54) is 9.87 Å². The Labute approximate surface area is 157 Å². The van der Waals surface area contributed by atoms with E-state index >= 15 is 0 Å². The van der Waals surface area contributed by atoms with Gasteiger partial charge in [0.05, 0.1) is 12.4 Å². The number of benzene rings is 1. The van der Waals surface area contributed by atoms with Crippen molar-refractivity contribution in [3.05, 3.63) is 29.8 Å². The fourth-order valence-corrected chi connectivity index (χ4v) is 4.28. The molecule has 26 heavy (non-hydrogen) atoms. The monoisotopic (exact) mass is 382 g/mol. The van der Waals surface area contributed by atoms with E-state index < -0.39 is 10.0 Å². The molecule has 1 aromatic carbocycles. The average molecular weight is 383 g/mol. The van der Waals surface area contributed by atoms with Crippen molar-refractivity contribution in [2.75, 3.05) is 32.0 Å². The maximum absolute atomic E-state index is 12.3. The molecule has 1 amide bonds. The van der Waals surface area contributed by atoms with E-state index in [-0.39, 0.29) is 17.6 Å². The summed E-state index contributed by atoms with van der Waals surface area (Å²) < 4.78 is 30.6. The van der Waals surface area contributed by atoms with Crippen LogP contribution >= 0.6 is 0 Å². The van der Waals surface area contributed by atoms with E-state index in [4.69, 9.17) is 4.74 Å². The molecule has 1 N–H and O–H groups in total. The molecule has 0 unspecified atom stereocenters. The summed E-state index contributed by atoms with van der Waals surface area (Å²) in [6.07, 6.45) is 2.98. The zero-order valence-electron chi connectivity index (χ0n) is 15.7. The zero-order valence-corrected chi connectivity index (χ0v) is 16.6. The quantitative estimate of drug-likeness (QED) is 0.665. The smallest absolute Gasteiger partial charge is 0.223 e. The van der Waals surface area contributed by atoms with Crippen LogP contribution in [0.25, 0.3) is 0 Å². The van der Waals surface area contributed by atoms with Crippen molar-refractivity contribution >= 4 is 15.9 Å². The number of hydrogen-bond acceptors (Lipinski definition) is 4. The van der Waals surface area contributed by atoms with Crippen LogP contribution in [0.2, 0.25) is 0 Å². The number of nitrogens with zero attached hydrogens (tertiary/aromatic N) is 1. The lowest BCUT2D eigenvalue weighted by Crippen LogP contribution is -2.43. The molecule has 0 spiro atoms. The third kappa shape index (κ3) is 5.99. The van der Waals surface area contributed by atoms with Gasteiger partial charge in [0, 0.05) is 25.6 Å². The van der Waals surface area contributed by atoms with Crippen LogP contribution in [0.3, 0.4) is 0 Å². The second-order valence-corrected chi connectivity index (χ2v) is 8.80. The number of sulfonamides is 1. The molecular formula is C19H30N2O4S. The second-order valence-electron chi connectivity index (χ2n) is 6.55. The Morgan fingerprint density at radius 2 is 1.85 bits per heavy atom. The van der Waals surface area contributed by atoms with Gasteiger partial charge in [-0.1, -0.05) is 12.1 Å². The van der Waals surface area contributed by atoms with Gasteiger partial charge in [-0.05, 0) is 57.2 Å². The van der Waals surface area contributed by atoms with Gasteiger partial charge in [-0.15, -0.1) is 0 Å². The average Bonchev–Trinajstić information content (AvgIpc) is 2.66. The number of aryl methyl sites for hydroxylation is 1. The molecular weight excluding hydrogens is 352 g/mol. The van der Waals surface area contributed by atoms with Crippen LogP contribution in [0.5, 0.6) is 5.75 Å². The van der Waals surface area contributed by atoms with Gasteiger partial charge in [-0.25, -0.2) is 12.7 Å². The van der Waals surface area contributed by atoms with Gasteiger partial charge in [0.1, 0.15) is 5.75 Å². The number of carbonyl (C=O) groups excluding carboxylic acids is 1. The third-order valence-electron chi connectivity index (χ3n) is 4.76. The van der Waals surface area contributed by atoms with Crippen LogP contribution < -0.4 is 10.1 Å². The molecule has 0 aromatic heterocycles. The summed E-state index contributed by atoms with van der Waals surface area (Å²) in [7, 11) is -3.14. The van der Waals surface area contributed by atoms with Gasteiger partial charge < -0.3 is 10.1 Å². The first-order valence-electron chi connectivity index (χ1n) is 9.43.